The van der Waals surface area contributed by atoms with E-state index in [1.165, 1.54) is 12.8 Å². The quantitative estimate of drug-likeness (QED) is 0.865. The van der Waals surface area contributed by atoms with E-state index in [1.807, 2.05) is 6.07 Å². The molecule has 2 heterocycles. The summed E-state index contributed by atoms with van der Waals surface area (Å²) in [6, 6.07) is 3.58. The molecule has 0 saturated heterocycles. The molecule has 1 aliphatic rings. The molecular weight excluding hydrogens is 244 g/mol. The van der Waals surface area contributed by atoms with Gasteiger partial charge in [0.15, 0.2) is 0 Å². The molecule has 2 aromatic rings. The molecule has 1 amide bonds. The second kappa shape index (κ2) is 4.72. The maximum Gasteiger partial charge on any atom is 0.259 e. The molecule has 98 valence electrons. The minimum Gasteiger partial charge on any atom is -0.367 e. The van der Waals surface area contributed by atoms with Crippen molar-refractivity contribution in [3.8, 4) is 11.3 Å². The fourth-order valence-corrected chi connectivity index (χ4v) is 1.87. The van der Waals surface area contributed by atoms with Gasteiger partial charge in [0, 0.05) is 24.5 Å². The van der Waals surface area contributed by atoms with Crippen LogP contribution in [0.3, 0.4) is 0 Å². The van der Waals surface area contributed by atoms with Gasteiger partial charge in [-0.3, -0.25) is 9.78 Å². The van der Waals surface area contributed by atoms with E-state index in [0.717, 1.165) is 0 Å². The zero-order valence-corrected chi connectivity index (χ0v) is 10.3. The third-order valence-electron chi connectivity index (χ3n) is 3.13. The lowest BCUT2D eigenvalue weighted by molar-refractivity contribution is 0.0953. The Bertz CT molecular complexity index is 590. The van der Waals surface area contributed by atoms with Gasteiger partial charge in [0.1, 0.15) is 11.3 Å². The van der Waals surface area contributed by atoms with E-state index in [-0.39, 0.29) is 17.4 Å². The van der Waals surface area contributed by atoms with E-state index in [4.69, 9.17) is 10.3 Å². The first-order chi connectivity index (χ1) is 9.25. The van der Waals surface area contributed by atoms with Crippen molar-refractivity contribution < 1.29 is 9.32 Å². The minimum absolute atomic E-state index is 0.0344. The standard InChI is InChI=1S/C13H14N4O2/c14-12-10(13(18)16-6-8-3-4-8)11(17-19-12)9-2-1-5-15-7-9/h1-2,5,7-8H,3-4,6,14H2,(H,16,18). The molecule has 2 aromatic heterocycles. The molecule has 0 bridgehead atoms. The van der Waals surface area contributed by atoms with Crippen molar-refractivity contribution in [1.29, 1.82) is 0 Å². The van der Waals surface area contributed by atoms with E-state index < -0.39 is 0 Å². The molecule has 6 nitrogen and oxygen atoms in total. The molecule has 19 heavy (non-hydrogen) atoms. The van der Waals surface area contributed by atoms with Gasteiger partial charge in [0.05, 0.1) is 0 Å². The normalized spacial score (nSPS) is 14.3. The number of hydrogen-bond acceptors (Lipinski definition) is 5. The van der Waals surface area contributed by atoms with Crippen molar-refractivity contribution in [2.24, 2.45) is 5.92 Å². The second-order valence-electron chi connectivity index (χ2n) is 4.67. The largest absolute Gasteiger partial charge is 0.367 e. The van der Waals surface area contributed by atoms with Crippen LogP contribution in [0.15, 0.2) is 29.0 Å². The summed E-state index contributed by atoms with van der Waals surface area (Å²) in [4.78, 5) is 16.1. The minimum atomic E-state index is -0.246. The SMILES string of the molecule is Nc1onc(-c2cccnc2)c1C(=O)NCC1CC1. The highest BCUT2D eigenvalue weighted by molar-refractivity contribution is 6.03. The number of amides is 1. The molecule has 0 atom stereocenters. The summed E-state index contributed by atoms with van der Waals surface area (Å²) in [6.45, 7) is 0.677. The lowest BCUT2D eigenvalue weighted by atomic mass is 10.1. The van der Waals surface area contributed by atoms with Crippen LogP contribution in [0.2, 0.25) is 0 Å². The monoisotopic (exact) mass is 258 g/mol. The number of aromatic nitrogens is 2. The summed E-state index contributed by atoms with van der Waals surface area (Å²) in [5.41, 5.74) is 7.11. The highest BCUT2D eigenvalue weighted by Gasteiger charge is 2.26. The smallest absolute Gasteiger partial charge is 0.259 e. The zero-order chi connectivity index (χ0) is 13.2. The predicted octanol–water partition coefficient (Wildman–Crippen LogP) is 1.46. The van der Waals surface area contributed by atoms with Gasteiger partial charge in [-0.15, -0.1) is 0 Å². The Morgan fingerprint density at radius 1 is 1.53 bits per heavy atom. The van der Waals surface area contributed by atoms with Crippen LogP contribution in [0.4, 0.5) is 5.88 Å². The highest BCUT2D eigenvalue weighted by Crippen LogP contribution is 2.29. The van der Waals surface area contributed by atoms with Gasteiger partial charge >= 0.3 is 0 Å². The molecule has 0 aromatic carbocycles. The van der Waals surface area contributed by atoms with Gasteiger partial charge in [0.25, 0.3) is 5.91 Å². The number of nitrogens with one attached hydrogen (secondary N) is 1. The summed E-state index contributed by atoms with van der Waals surface area (Å²) >= 11 is 0. The fraction of sp³-hybridized carbons (Fsp3) is 0.308. The number of hydrogen-bond donors (Lipinski definition) is 2. The lowest BCUT2D eigenvalue weighted by Crippen LogP contribution is -2.26. The second-order valence-corrected chi connectivity index (χ2v) is 4.67. The number of nitrogens with zero attached hydrogens (tertiary/aromatic N) is 2. The van der Waals surface area contributed by atoms with Gasteiger partial charge in [-0.25, -0.2) is 0 Å². The maximum atomic E-state index is 12.1. The Balaban J connectivity index is 1.87. The van der Waals surface area contributed by atoms with Crippen LogP contribution in [0.25, 0.3) is 11.3 Å². The Labute approximate surface area is 110 Å². The maximum absolute atomic E-state index is 12.1. The molecule has 3 rings (SSSR count). The molecule has 1 fully saturated rings. The number of carbonyl (C=O) groups is 1. The van der Waals surface area contributed by atoms with E-state index in [0.29, 0.717) is 23.7 Å². The lowest BCUT2D eigenvalue weighted by Gasteiger charge is -2.04. The third-order valence-corrected chi connectivity index (χ3v) is 3.13. The summed E-state index contributed by atoms with van der Waals surface area (Å²) in [5.74, 6) is 0.392. The number of nitrogen functional groups attached to an aromatic ring is 1. The molecule has 0 aliphatic heterocycles. The zero-order valence-electron chi connectivity index (χ0n) is 10.3. The van der Waals surface area contributed by atoms with E-state index >= 15 is 0 Å². The average molecular weight is 258 g/mol. The first kappa shape index (κ1) is 11.7. The molecule has 0 unspecified atom stereocenters. The summed E-state index contributed by atoms with van der Waals surface area (Å²) in [5, 5.41) is 6.71. The van der Waals surface area contributed by atoms with E-state index in [9.17, 15) is 4.79 Å². The van der Waals surface area contributed by atoms with Crippen LogP contribution >= 0.6 is 0 Å². The van der Waals surface area contributed by atoms with Crippen molar-refractivity contribution in [2.75, 3.05) is 12.3 Å². The Morgan fingerprint density at radius 2 is 2.37 bits per heavy atom. The number of carbonyl (C=O) groups excluding carboxylic acids is 1. The van der Waals surface area contributed by atoms with Crippen molar-refractivity contribution in [2.45, 2.75) is 12.8 Å². The van der Waals surface area contributed by atoms with Crippen LogP contribution < -0.4 is 11.1 Å². The molecule has 6 heteroatoms. The van der Waals surface area contributed by atoms with Gasteiger partial charge in [-0.2, -0.15) is 0 Å². The number of rotatable bonds is 4. The molecule has 1 saturated carbocycles. The Hall–Kier alpha value is -2.37. The fourth-order valence-electron chi connectivity index (χ4n) is 1.87. The molecule has 0 spiro atoms. The van der Waals surface area contributed by atoms with E-state index in [1.54, 1.807) is 18.5 Å². The van der Waals surface area contributed by atoms with Crippen molar-refractivity contribution in [3.63, 3.8) is 0 Å². The molecule has 0 radical (unpaired) electrons. The van der Waals surface area contributed by atoms with Crippen LogP contribution in [0.1, 0.15) is 23.2 Å². The van der Waals surface area contributed by atoms with Crippen molar-refractivity contribution in [1.82, 2.24) is 15.5 Å². The van der Waals surface area contributed by atoms with Crippen molar-refractivity contribution in [3.05, 3.63) is 30.1 Å². The summed E-state index contributed by atoms with van der Waals surface area (Å²) in [7, 11) is 0. The average Bonchev–Trinajstić information content (AvgIpc) is 3.19. The highest BCUT2D eigenvalue weighted by atomic mass is 16.5. The van der Waals surface area contributed by atoms with Gasteiger partial charge in [-0.1, -0.05) is 5.16 Å². The molecule has 3 N–H and O–H groups in total. The molecular formula is C13H14N4O2. The van der Waals surface area contributed by atoms with E-state index in [2.05, 4.69) is 15.5 Å². The van der Waals surface area contributed by atoms with Gasteiger partial charge in [0.2, 0.25) is 5.88 Å². The van der Waals surface area contributed by atoms with Crippen LogP contribution in [-0.4, -0.2) is 22.6 Å². The first-order valence-corrected chi connectivity index (χ1v) is 6.19. The Morgan fingerprint density at radius 3 is 3.05 bits per heavy atom. The summed E-state index contributed by atoms with van der Waals surface area (Å²) < 4.78 is 4.93. The van der Waals surface area contributed by atoms with Crippen LogP contribution in [0.5, 0.6) is 0 Å². The van der Waals surface area contributed by atoms with Gasteiger partial charge < -0.3 is 15.6 Å². The van der Waals surface area contributed by atoms with Crippen LogP contribution in [-0.2, 0) is 0 Å². The number of nitrogens with two attached hydrogens (primary N) is 1. The third kappa shape index (κ3) is 2.42. The van der Waals surface area contributed by atoms with Gasteiger partial charge in [-0.05, 0) is 30.9 Å². The Kier molecular flexibility index (Phi) is 2.91. The number of pyridine rings is 1. The predicted molar refractivity (Wildman–Crippen MR) is 69.2 cm³/mol. The number of anilines is 1. The van der Waals surface area contributed by atoms with Crippen molar-refractivity contribution >= 4 is 11.8 Å². The topological polar surface area (TPSA) is 94.0 Å². The first-order valence-electron chi connectivity index (χ1n) is 6.19. The molecule has 1 aliphatic carbocycles. The van der Waals surface area contributed by atoms with Crippen LogP contribution in [0, 0.1) is 5.92 Å². The summed E-state index contributed by atoms with van der Waals surface area (Å²) in [6.07, 6.45) is 5.62.